The Kier molecular flexibility index (Phi) is 11.5. The zero-order valence-corrected chi connectivity index (χ0v) is 33.4. The monoisotopic (exact) mass is 745 g/mol. The molecule has 0 unspecified atom stereocenters. The summed E-state index contributed by atoms with van der Waals surface area (Å²) < 4.78 is 2.40. The van der Waals surface area contributed by atoms with Crippen LogP contribution >= 0.6 is 0 Å². The van der Waals surface area contributed by atoms with E-state index in [0.29, 0.717) is 0 Å². The molecular formula is C57H47N. The fourth-order valence-corrected chi connectivity index (χ4v) is 7.56. The van der Waals surface area contributed by atoms with Gasteiger partial charge in [-0.15, -0.1) is 0 Å². The van der Waals surface area contributed by atoms with Gasteiger partial charge in [0, 0.05) is 16.5 Å². The van der Waals surface area contributed by atoms with Crippen LogP contribution in [0.1, 0.15) is 16.7 Å². The molecule has 1 heteroatoms. The maximum Gasteiger partial charge on any atom is 0.0547 e. The highest BCUT2D eigenvalue weighted by molar-refractivity contribution is 6.10. The minimum absolute atomic E-state index is 1.17. The summed E-state index contributed by atoms with van der Waals surface area (Å²) in [5.41, 5.74) is 17.5. The molecule has 10 rings (SSSR count). The van der Waals surface area contributed by atoms with Gasteiger partial charge in [0.15, 0.2) is 0 Å². The number of hydrogen-bond acceptors (Lipinski definition) is 0. The van der Waals surface area contributed by atoms with E-state index in [0.717, 1.165) is 0 Å². The van der Waals surface area contributed by atoms with E-state index in [1.165, 1.54) is 88.7 Å². The molecule has 0 aliphatic rings. The molecule has 0 atom stereocenters. The van der Waals surface area contributed by atoms with E-state index in [1.807, 2.05) is 24.3 Å². The molecule has 0 bridgehead atoms. The lowest BCUT2D eigenvalue weighted by molar-refractivity contribution is 1.18. The third kappa shape index (κ3) is 8.60. The van der Waals surface area contributed by atoms with Gasteiger partial charge in [0.1, 0.15) is 0 Å². The number of para-hydroxylation sites is 1. The molecule has 1 heterocycles. The number of benzene rings is 9. The number of hydrogen-bond donors (Lipinski definition) is 0. The van der Waals surface area contributed by atoms with Gasteiger partial charge < -0.3 is 4.57 Å². The Morgan fingerprint density at radius 3 is 1.24 bits per heavy atom. The highest BCUT2D eigenvalue weighted by Gasteiger charge is 2.15. The molecular weight excluding hydrogens is 699 g/mol. The minimum atomic E-state index is 1.17. The third-order valence-electron chi connectivity index (χ3n) is 10.6. The van der Waals surface area contributed by atoms with Crippen LogP contribution in [-0.4, -0.2) is 4.57 Å². The van der Waals surface area contributed by atoms with Crippen LogP contribution in [0, 0.1) is 20.8 Å². The highest BCUT2D eigenvalue weighted by Crippen LogP contribution is 2.38. The Labute approximate surface area is 343 Å². The first kappa shape index (κ1) is 37.7. The quantitative estimate of drug-likeness (QED) is 0.165. The fourth-order valence-electron chi connectivity index (χ4n) is 7.56. The van der Waals surface area contributed by atoms with E-state index < -0.39 is 0 Å². The SMILES string of the molecule is Cc1ccc(-c2ccccc2)cc1.Cc1cccc(-c2ccccc2-c2ccc3c4ccccc4n(-c4ccc(-c5ccccc5)cc4)c3c2)c1.Cc1ccccc1. The fraction of sp³-hybridized carbons (Fsp3) is 0.0526. The minimum Gasteiger partial charge on any atom is -0.309 e. The zero-order valence-electron chi connectivity index (χ0n) is 33.4. The first-order valence-corrected chi connectivity index (χ1v) is 20.0. The van der Waals surface area contributed by atoms with Gasteiger partial charge in [-0.05, 0) is 89.5 Å². The first-order valence-electron chi connectivity index (χ1n) is 20.0. The second-order valence-corrected chi connectivity index (χ2v) is 14.8. The summed E-state index contributed by atoms with van der Waals surface area (Å²) in [5, 5.41) is 2.54. The summed E-state index contributed by atoms with van der Waals surface area (Å²) in [6.07, 6.45) is 0. The van der Waals surface area contributed by atoms with Crippen molar-refractivity contribution in [3.8, 4) is 50.2 Å². The predicted molar refractivity (Wildman–Crippen MR) is 250 cm³/mol. The summed E-state index contributed by atoms with van der Waals surface area (Å²) >= 11 is 0. The van der Waals surface area contributed by atoms with Crippen LogP contribution in [0.15, 0.2) is 231 Å². The maximum absolute atomic E-state index is 2.40. The van der Waals surface area contributed by atoms with Gasteiger partial charge in [0.05, 0.1) is 11.0 Å². The van der Waals surface area contributed by atoms with E-state index in [2.05, 4.69) is 232 Å². The predicted octanol–water partition coefficient (Wildman–Crippen LogP) is 15.8. The molecule has 58 heavy (non-hydrogen) atoms. The lowest BCUT2D eigenvalue weighted by Gasteiger charge is -2.13. The topological polar surface area (TPSA) is 4.93 Å². The van der Waals surface area contributed by atoms with Crippen molar-refractivity contribution in [3.05, 3.63) is 247 Å². The highest BCUT2D eigenvalue weighted by atomic mass is 15.0. The largest absolute Gasteiger partial charge is 0.309 e. The van der Waals surface area contributed by atoms with Gasteiger partial charge in [-0.1, -0.05) is 223 Å². The van der Waals surface area contributed by atoms with Gasteiger partial charge in [-0.2, -0.15) is 0 Å². The molecule has 0 radical (unpaired) electrons. The molecule has 1 aromatic heterocycles. The van der Waals surface area contributed by atoms with E-state index in [1.54, 1.807) is 0 Å². The summed E-state index contributed by atoms with van der Waals surface area (Å²) in [6.45, 7) is 6.34. The molecule has 0 aliphatic carbocycles. The van der Waals surface area contributed by atoms with Gasteiger partial charge in [-0.3, -0.25) is 0 Å². The van der Waals surface area contributed by atoms with Crippen molar-refractivity contribution in [1.82, 2.24) is 4.57 Å². The zero-order chi connectivity index (χ0) is 39.7. The molecule has 0 aliphatic heterocycles. The van der Waals surface area contributed by atoms with Gasteiger partial charge >= 0.3 is 0 Å². The standard InChI is InChI=1S/C37H27N.C13H12.C7H8/c1-26-10-9-13-29(24-26)32-14-5-6-15-33(32)30-20-23-35-34-16-7-8-17-36(34)38(37(35)25-30)31-21-18-28(19-22-31)27-11-3-2-4-12-27;1-11-7-9-13(10-8-11)12-5-3-2-4-6-12;1-7-5-3-2-4-6-7/h2-25H,1H3;2-10H,1H3;2-6H,1H3. The van der Waals surface area contributed by atoms with Crippen molar-refractivity contribution in [2.75, 3.05) is 0 Å². The molecule has 280 valence electrons. The second-order valence-electron chi connectivity index (χ2n) is 14.8. The Hall–Kier alpha value is -7.22. The van der Waals surface area contributed by atoms with Crippen molar-refractivity contribution < 1.29 is 0 Å². The molecule has 0 saturated heterocycles. The summed E-state index contributed by atoms with van der Waals surface area (Å²) in [7, 11) is 0. The van der Waals surface area contributed by atoms with Crippen molar-refractivity contribution >= 4 is 21.8 Å². The average molecular weight is 746 g/mol. The lowest BCUT2D eigenvalue weighted by atomic mass is 9.93. The van der Waals surface area contributed by atoms with Crippen LogP contribution in [0.4, 0.5) is 0 Å². The summed E-state index contributed by atoms with van der Waals surface area (Å²) in [6, 6.07) is 81.9. The molecule has 10 aromatic rings. The van der Waals surface area contributed by atoms with E-state index >= 15 is 0 Å². The average Bonchev–Trinajstić information content (AvgIpc) is 3.62. The smallest absolute Gasteiger partial charge is 0.0547 e. The first-order chi connectivity index (χ1) is 28.5. The molecule has 1 nitrogen and oxygen atoms in total. The van der Waals surface area contributed by atoms with Crippen LogP contribution < -0.4 is 0 Å². The molecule has 0 spiro atoms. The molecule has 0 saturated carbocycles. The van der Waals surface area contributed by atoms with Crippen molar-refractivity contribution in [2.45, 2.75) is 20.8 Å². The normalized spacial score (nSPS) is 10.7. The number of nitrogens with zero attached hydrogens (tertiary/aromatic N) is 1. The van der Waals surface area contributed by atoms with E-state index in [9.17, 15) is 0 Å². The second kappa shape index (κ2) is 17.7. The molecule has 0 fully saturated rings. The van der Waals surface area contributed by atoms with Gasteiger partial charge in [0.25, 0.3) is 0 Å². The Balaban J connectivity index is 0.000000191. The molecule has 0 amide bonds. The van der Waals surface area contributed by atoms with Crippen LogP contribution in [0.5, 0.6) is 0 Å². The third-order valence-corrected chi connectivity index (χ3v) is 10.6. The Bertz CT molecular complexity index is 2870. The van der Waals surface area contributed by atoms with E-state index in [-0.39, 0.29) is 0 Å². The van der Waals surface area contributed by atoms with Gasteiger partial charge in [0.2, 0.25) is 0 Å². The van der Waals surface area contributed by atoms with Gasteiger partial charge in [-0.25, -0.2) is 0 Å². The number of rotatable bonds is 5. The van der Waals surface area contributed by atoms with Crippen LogP contribution in [0.3, 0.4) is 0 Å². The van der Waals surface area contributed by atoms with Crippen molar-refractivity contribution in [2.24, 2.45) is 0 Å². The summed E-state index contributed by atoms with van der Waals surface area (Å²) in [5.74, 6) is 0. The van der Waals surface area contributed by atoms with Crippen LogP contribution in [0.25, 0.3) is 72.0 Å². The van der Waals surface area contributed by atoms with Crippen LogP contribution in [-0.2, 0) is 0 Å². The Morgan fingerprint density at radius 1 is 0.259 bits per heavy atom. The van der Waals surface area contributed by atoms with Crippen molar-refractivity contribution in [3.63, 3.8) is 0 Å². The summed E-state index contributed by atoms with van der Waals surface area (Å²) in [4.78, 5) is 0. The number of fused-ring (bicyclic) bond motifs is 3. The van der Waals surface area contributed by atoms with Crippen LogP contribution in [0.2, 0.25) is 0 Å². The molecule has 0 N–H and O–H groups in total. The molecule has 9 aromatic carbocycles. The van der Waals surface area contributed by atoms with E-state index in [4.69, 9.17) is 0 Å². The lowest BCUT2D eigenvalue weighted by Crippen LogP contribution is -1.94. The maximum atomic E-state index is 2.40. The number of aromatic nitrogens is 1. The Morgan fingerprint density at radius 2 is 0.672 bits per heavy atom. The number of aryl methyl sites for hydroxylation is 3. The van der Waals surface area contributed by atoms with Crippen molar-refractivity contribution in [1.29, 1.82) is 0 Å².